The van der Waals surface area contributed by atoms with Crippen LogP contribution in [0.2, 0.25) is 0 Å². The van der Waals surface area contributed by atoms with E-state index in [1.807, 2.05) is 0 Å². The second-order valence-corrected chi connectivity index (χ2v) is 10.6. The van der Waals surface area contributed by atoms with Crippen LogP contribution in [0.3, 0.4) is 0 Å². The summed E-state index contributed by atoms with van der Waals surface area (Å²) in [5.41, 5.74) is 2.70. The second-order valence-electron chi connectivity index (χ2n) is 5.93. The van der Waals surface area contributed by atoms with Gasteiger partial charge in [-0.15, -0.1) is 11.6 Å². The van der Waals surface area contributed by atoms with Gasteiger partial charge in [-0.25, -0.2) is 18.5 Å². The topological polar surface area (TPSA) is 250 Å². The molecule has 0 radical (unpaired) electrons. The first-order valence-corrected chi connectivity index (χ1v) is 12.7. The van der Waals surface area contributed by atoms with Crippen LogP contribution in [0.4, 0.5) is 5.82 Å². The fourth-order valence-electron chi connectivity index (χ4n) is 2.40. The van der Waals surface area contributed by atoms with Crippen molar-refractivity contribution in [1.29, 1.82) is 0 Å². The number of ether oxygens (including phenoxy) is 1. The summed E-state index contributed by atoms with van der Waals surface area (Å²) < 4.78 is 52.0. The Morgan fingerprint density at radius 2 is 1.90 bits per heavy atom. The average Bonchev–Trinajstić information content (AvgIpc) is 2.86. The van der Waals surface area contributed by atoms with Gasteiger partial charge in [-0.1, -0.05) is 0 Å². The number of nitrogen functional groups attached to an aromatic ring is 1. The number of anilines is 1. The van der Waals surface area contributed by atoms with E-state index in [0.29, 0.717) is 0 Å². The molecule has 0 aliphatic carbocycles. The second kappa shape index (κ2) is 9.04. The van der Waals surface area contributed by atoms with Crippen molar-refractivity contribution >= 4 is 40.9 Å². The van der Waals surface area contributed by atoms with Crippen LogP contribution in [0.25, 0.3) is 0 Å². The first-order valence-electron chi connectivity index (χ1n) is 7.63. The third kappa shape index (κ3) is 6.65. The number of aliphatic hydroxyl groups excluding tert-OH is 1. The molecule has 1 aliphatic rings. The molecular weight excluding hydrogens is 498 g/mol. The molecule has 0 saturated carbocycles. The van der Waals surface area contributed by atoms with E-state index in [1.54, 1.807) is 0 Å². The lowest BCUT2D eigenvalue weighted by Crippen LogP contribution is -2.45. The van der Waals surface area contributed by atoms with Crippen molar-refractivity contribution in [2.24, 2.45) is 0 Å². The van der Waals surface area contributed by atoms with Gasteiger partial charge in [0.05, 0.1) is 18.6 Å². The van der Waals surface area contributed by atoms with Crippen molar-refractivity contribution in [2.75, 3.05) is 18.2 Å². The number of halogens is 1. The van der Waals surface area contributed by atoms with E-state index in [9.17, 15) is 28.5 Å². The zero-order valence-electron chi connectivity index (χ0n) is 14.6. The van der Waals surface area contributed by atoms with Gasteiger partial charge in [0.2, 0.25) is 0 Å². The molecule has 5 atom stereocenters. The number of hydrogen-bond donors (Lipinski definition) is 6. The molecule has 2 unspecified atom stereocenters. The van der Waals surface area contributed by atoms with Gasteiger partial charge in [0.15, 0.2) is 0 Å². The Bertz CT molecular complexity index is 983. The van der Waals surface area contributed by atoms with E-state index in [4.69, 9.17) is 36.8 Å². The number of phosphoric ester groups is 1. The summed E-state index contributed by atoms with van der Waals surface area (Å²) in [6.45, 7) is -0.991. The number of rotatable bonds is 9. The maximum Gasteiger partial charge on any atom is 0.490 e. The summed E-state index contributed by atoms with van der Waals surface area (Å²) >= 11 is 5.79. The van der Waals surface area contributed by atoms with E-state index in [1.165, 1.54) is 12.3 Å². The highest BCUT2D eigenvalue weighted by Gasteiger charge is 2.51. The number of aliphatic hydroxyl groups is 1. The number of nitrogens with zero attached hydrogens (tertiary/aromatic N) is 2. The number of alkyl halides is 1. The van der Waals surface area contributed by atoms with Crippen LogP contribution in [-0.2, 0) is 31.6 Å². The Kier molecular flexibility index (Phi) is 7.70. The molecule has 0 bridgehead atoms. The van der Waals surface area contributed by atoms with Crippen molar-refractivity contribution in [3.8, 4) is 0 Å². The Balaban J connectivity index is 2.13. The molecule has 2 heterocycles. The Morgan fingerprint density at radius 3 is 2.43 bits per heavy atom. The molecule has 0 amide bonds. The maximum absolute atomic E-state index is 11.9. The molecule has 1 aromatic heterocycles. The molecule has 0 spiro atoms. The molecule has 1 fully saturated rings. The van der Waals surface area contributed by atoms with Crippen LogP contribution in [0.1, 0.15) is 12.6 Å². The summed E-state index contributed by atoms with van der Waals surface area (Å²) in [5.74, 6) is -0.594. The molecule has 2 rings (SSSR count). The van der Waals surface area contributed by atoms with Crippen LogP contribution in [0.15, 0.2) is 17.1 Å². The van der Waals surface area contributed by atoms with E-state index in [0.717, 1.165) is 4.57 Å². The summed E-state index contributed by atoms with van der Waals surface area (Å²) in [5, 5.41) is 10.3. The highest BCUT2D eigenvalue weighted by atomic mass is 35.5. The first-order chi connectivity index (χ1) is 13.6. The smallest absolute Gasteiger partial charge is 0.390 e. The molecule has 0 aromatic carbocycles. The van der Waals surface area contributed by atoms with Gasteiger partial charge in [-0.05, 0) is 6.07 Å². The fourth-order valence-corrected chi connectivity index (χ4v) is 5.80. The van der Waals surface area contributed by atoms with Crippen molar-refractivity contribution in [3.63, 3.8) is 0 Å². The molecule has 1 saturated heterocycles. The van der Waals surface area contributed by atoms with Gasteiger partial charge < -0.3 is 35.2 Å². The first kappa shape index (κ1) is 25.6. The molecule has 20 heteroatoms. The third-order valence-electron chi connectivity index (χ3n) is 3.68. The number of nitrogens with two attached hydrogens (primary N) is 1. The van der Waals surface area contributed by atoms with Gasteiger partial charge >= 0.3 is 29.2 Å². The highest BCUT2D eigenvalue weighted by molar-refractivity contribution is 7.66. The van der Waals surface area contributed by atoms with Crippen molar-refractivity contribution in [2.45, 2.75) is 24.4 Å². The standard InChI is InChI=1S/C10H17ClN3O13P3/c11-4-10(5-24-29(20,21)27-30(22,23)26-28(17,18)19)6(15)3-8(25-10)14-2-1-7(12)13-9(14)16/h1-2,6,8,15H,3-5H2,(H,20,21)(H,22,23)(H2,12,13,16)(H2,17,18,19)/t6-,8+,10+/m0/s1. The predicted octanol–water partition coefficient (Wildman–Crippen LogP) is -0.574. The minimum atomic E-state index is -5.72. The molecule has 16 nitrogen and oxygen atoms in total. The van der Waals surface area contributed by atoms with Gasteiger partial charge in [0.25, 0.3) is 0 Å². The van der Waals surface area contributed by atoms with Crippen molar-refractivity contribution in [1.82, 2.24) is 9.55 Å². The molecule has 172 valence electrons. The Labute approximate surface area is 172 Å². The van der Waals surface area contributed by atoms with Crippen LogP contribution < -0.4 is 11.4 Å². The normalized spacial score (nSPS) is 28.7. The minimum Gasteiger partial charge on any atom is -0.390 e. The summed E-state index contributed by atoms with van der Waals surface area (Å²) in [7, 11) is -16.7. The lowest BCUT2D eigenvalue weighted by atomic mass is 10.0. The Hall–Kier alpha value is -0.700. The van der Waals surface area contributed by atoms with E-state index in [2.05, 4.69) is 18.1 Å². The largest absolute Gasteiger partial charge is 0.490 e. The SMILES string of the molecule is Nc1ccn([C@H]2C[C@H](O)[C@@](CCl)(COP(=O)(O)OP(=O)(O)OP(=O)(O)O)O2)c(=O)n1. The summed E-state index contributed by atoms with van der Waals surface area (Å²) in [6.07, 6.45) is -1.56. The molecule has 1 aromatic rings. The van der Waals surface area contributed by atoms with Gasteiger partial charge in [-0.2, -0.15) is 13.6 Å². The fraction of sp³-hybridized carbons (Fsp3) is 0.600. The van der Waals surface area contributed by atoms with Gasteiger partial charge in [0, 0.05) is 12.6 Å². The van der Waals surface area contributed by atoms with E-state index in [-0.39, 0.29) is 12.2 Å². The maximum atomic E-state index is 11.9. The lowest BCUT2D eigenvalue weighted by molar-refractivity contribution is -0.112. The quantitative estimate of drug-likeness (QED) is 0.178. The van der Waals surface area contributed by atoms with Crippen LogP contribution >= 0.6 is 35.1 Å². The van der Waals surface area contributed by atoms with Crippen LogP contribution in [0.5, 0.6) is 0 Å². The molecular formula is C10H17ClN3O13P3. The van der Waals surface area contributed by atoms with Crippen molar-refractivity contribution < 1.29 is 56.3 Å². The molecule has 30 heavy (non-hydrogen) atoms. The van der Waals surface area contributed by atoms with Gasteiger partial charge in [-0.3, -0.25) is 9.09 Å². The summed E-state index contributed by atoms with van der Waals surface area (Å²) in [4.78, 5) is 51.1. The van der Waals surface area contributed by atoms with Crippen LogP contribution in [0, 0.1) is 0 Å². The monoisotopic (exact) mass is 515 g/mol. The summed E-state index contributed by atoms with van der Waals surface area (Å²) in [6, 6.07) is 1.28. The van der Waals surface area contributed by atoms with E-state index >= 15 is 0 Å². The number of phosphoric acid groups is 3. The predicted molar refractivity (Wildman–Crippen MR) is 96.9 cm³/mol. The van der Waals surface area contributed by atoms with E-state index < -0.39 is 59.6 Å². The lowest BCUT2D eigenvalue weighted by Gasteiger charge is -2.30. The van der Waals surface area contributed by atoms with Crippen LogP contribution in [-0.4, -0.2) is 58.4 Å². The highest BCUT2D eigenvalue weighted by Crippen LogP contribution is 2.66. The molecule has 1 aliphatic heterocycles. The Morgan fingerprint density at radius 1 is 1.27 bits per heavy atom. The molecule has 7 N–H and O–H groups in total. The number of aromatic nitrogens is 2. The zero-order valence-corrected chi connectivity index (χ0v) is 18.1. The minimum absolute atomic E-state index is 0.0638. The third-order valence-corrected chi connectivity index (χ3v) is 7.91. The zero-order chi connectivity index (χ0) is 23.0. The van der Waals surface area contributed by atoms with Gasteiger partial charge in [0.1, 0.15) is 17.6 Å². The van der Waals surface area contributed by atoms with Crippen molar-refractivity contribution in [3.05, 3.63) is 22.7 Å². The average molecular weight is 516 g/mol. The number of hydrogen-bond acceptors (Lipinski definition) is 11.